The number of para-hydroxylation sites is 1. The van der Waals surface area contributed by atoms with E-state index in [2.05, 4.69) is 5.32 Å². The van der Waals surface area contributed by atoms with Crippen molar-refractivity contribution in [1.82, 2.24) is 5.32 Å². The zero-order valence-corrected chi connectivity index (χ0v) is 12.5. The van der Waals surface area contributed by atoms with Gasteiger partial charge < -0.3 is 15.2 Å². The minimum Gasteiger partial charge on any atom is -0.488 e. The van der Waals surface area contributed by atoms with E-state index in [-0.39, 0.29) is 24.5 Å². The first-order valence-corrected chi connectivity index (χ1v) is 8.10. The summed E-state index contributed by atoms with van der Waals surface area (Å²) in [6.07, 6.45) is 5.43. The molecule has 0 saturated heterocycles. The fraction of sp³-hybridized carbons (Fsp3) is 0.500. The highest BCUT2D eigenvalue weighted by atomic mass is 16.5. The number of aliphatic hydroxyl groups is 1. The smallest absolute Gasteiger partial charge is 0.250 e. The quantitative estimate of drug-likeness (QED) is 0.897. The van der Waals surface area contributed by atoms with Gasteiger partial charge in [-0.05, 0) is 43.2 Å². The highest BCUT2D eigenvalue weighted by Crippen LogP contribution is 2.48. The third kappa shape index (κ3) is 2.22. The van der Waals surface area contributed by atoms with Gasteiger partial charge in [-0.15, -0.1) is 0 Å². The summed E-state index contributed by atoms with van der Waals surface area (Å²) in [5.41, 5.74) is 1.61. The summed E-state index contributed by atoms with van der Waals surface area (Å²) in [6, 6.07) is 7.86. The van der Waals surface area contributed by atoms with Gasteiger partial charge in [0.05, 0.1) is 5.57 Å². The maximum Gasteiger partial charge on any atom is 0.250 e. The lowest BCUT2D eigenvalue weighted by molar-refractivity contribution is -0.119. The standard InChI is InChI=1S/C18H21NO3/c20-9-15-11-5-6-13(7-11)17(15)19-18(21)14-8-12-3-1-2-4-16(12)22-10-14/h1-4,8,11,13,15,17,20H,5-7,9-10H2,(H,19,21). The van der Waals surface area contributed by atoms with Crippen LogP contribution in [0.1, 0.15) is 24.8 Å². The van der Waals surface area contributed by atoms with Crippen molar-refractivity contribution < 1.29 is 14.6 Å². The molecule has 1 heterocycles. The first kappa shape index (κ1) is 13.8. The van der Waals surface area contributed by atoms with E-state index in [9.17, 15) is 9.90 Å². The maximum atomic E-state index is 12.6. The van der Waals surface area contributed by atoms with Crippen LogP contribution in [0.4, 0.5) is 0 Å². The van der Waals surface area contributed by atoms with Crippen molar-refractivity contribution in [3.8, 4) is 5.75 Å². The maximum absolute atomic E-state index is 12.6. The molecule has 4 unspecified atom stereocenters. The van der Waals surface area contributed by atoms with Gasteiger partial charge in [-0.1, -0.05) is 18.2 Å². The molecule has 2 saturated carbocycles. The van der Waals surface area contributed by atoms with Gasteiger partial charge in [0.25, 0.3) is 5.91 Å². The topological polar surface area (TPSA) is 58.6 Å². The van der Waals surface area contributed by atoms with Crippen LogP contribution in [-0.4, -0.2) is 30.3 Å². The summed E-state index contributed by atoms with van der Waals surface area (Å²) in [4.78, 5) is 12.6. The van der Waals surface area contributed by atoms with Crippen molar-refractivity contribution in [2.24, 2.45) is 17.8 Å². The summed E-state index contributed by atoms with van der Waals surface area (Å²) < 4.78 is 5.66. The normalized spacial score (nSPS) is 32.1. The van der Waals surface area contributed by atoms with Gasteiger partial charge in [0.2, 0.25) is 0 Å². The van der Waals surface area contributed by atoms with Crippen LogP contribution in [0.15, 0.2) is 29.8 Å². The van der Waals surface area contributed by atoms with E-state index in [1.165, 1.54) is 12.8 Å². The first-order chi connectivity index (χ1) is 10.8. The van der Waals surface area contributed by atoms with Gasteiger partial charge in [-0.2, -0.15) is 0 Å². The Morgan fingerprint density at radius 3 is 2.95 bits per heavy atom. The molecule has 4 heteroatoms. The fourth-order valence-corrected chi connectivity index (χ4v) is 4.39. The average Bonchev–Trinajstić information content (AvgIpc) is 3.15. The molecule has 0 spiro atoms. The number of hydrogen-bond donors (Lipinski definition) is 2. The Hall–Kier alpha value is -1.81. The second kappa shape index (κ2) is 5.43. The Bertz CT molecular complexity index is 625. The van der Waals surface area contributed by atoms with Gasteiger partial charge in [0.1, 0.15) is 12.4 Å². The molecular formula is C18H21NO3. The first-order valence-electron chi connectivity index (χ1n) is 8.10. The molecule has 2 N–H and O–H groups in total. The van der Waals surface area contributed by atoms with Crippen LogP contribution < -0.4 is 10.1 Å². The number of hydrogen-bond acceptors (Lipinski definition) is 3. The van der Waals surface area contributed by atoms with Crippen LogP contribution in [0.3, 0.4) is 0 Å². The van der Waals surface area contributed by atoms with Crippen LogP contribution in [0.5, 0.6) is 5.75 Å². The molecular weight excluding hydrogens is 278 g/mol. The summed E-state index contributed by atoms with van der Waals surface area (Å²) in [7, 11) is 0. The van der Waals surface area contributed by atoms with E-state index in [1.54, 1.807) is 0 Å². The Morgan fingerprint density at radius 2 is 2.09 bits per heavy atom. The molecule has 4 rings (SSSR count). The molecule has 1 aromatic carbocycles. The highest BCUT2D eigenvalue weighted by molar-refractivity contribution is 5.99. The largest absolute Gasteiger partial charge is 0.488 e. The van der Waals surface area contributed by atoms with Crippen molar-refractivity contribution >= 4 is 12.0 Å². The number of amides is 1. The van der Waals surface area contributed by atoms with Gasteiger partial charge in [-0.3, -0.25) is 4.79 Å². The molecule has 116 valence electrons. The minimum atomic E-state index is -0.0505. The molecule has 1 aliphatic heterocycles. The zero-order valence-electron chi connectivity index (χ0n) is 12.5. The van der Waals surface area contributed by atoms with E-state index in [4.69, 9.17) is 4.74 Å². The lowest BCUT2D eigenvalue weighted by Crippen LogP contribution is -2.46. The van der Waals surface area contributed by atoms with E-state index >= 15 is 0 Å². The second-order valence-electron chi connectivity index (χ2n) is 6.67. The number of carbonyl (C=O) groups excluding carboxylic acids is 1. The van der Waals surface area contributed by atoms with Gasteiger partial charge >= 0.3 is 0 Å². The summed E-state index contributed by atoms with van der Waals surface area (Å²) in [5.74, 6) is 2.11. The molecule has 0 aromatic heterocycles. The number of rotatable bonds is 3. The van der Waals surface area contributed by atoms with Crippen LogP contribution >= 0.6 is 0 Å². The molecule has 2 fully saturated rings. The van der Waals surface area contributed by atoms with Crippen LogP contribution in [0, 0.1) is 17.8 Å². The van der Waals surface area contributed by atoms with Crippen LogP contribution in [-0.2, 0) is 4.79 Å². The number of fused-ring (bicyclic) bond motifs is 3. The third-order valence-electron chi connectivity index (χ3n) is 5.52. The monoisotopic (exact) mass is 299 g/mol. The predicted octanol–water partition coefficient (Wildman–Crippen LogP) is 1.99. The van der Waals surface area contributed by atoms with E-state index in [1.807, 2.05) is 30.3 Å². The summed E-state index contributed by atoms with van der Waals surface area (Å²) in [5, 5.41) is 12.8. The van der Waals surface area contributed by atoms with Gasteiger partial charge in [-0.25, -0.2) is 0 Å². The summed E-state index contributed by atoms with van der Waals surface area (Å²) in [6.45, 7) is 0.484. The van der Waals surface area contributed by atoms with Crippen LogP contribution in [0.2, 0.25) is 0 Å². The van der Waals surface area contributed by atoms with E-state index in [0.717, 1.165) is 17.7 Å². The number of nitrogens with one attached hydrogen (secondary N) is 1. The summed E-state index contributed by atoms with van der Waals surface area (Å²) >= 11 is 0. The molecule has 0 radical (unpaired) electrons. The Morgan fingerprint density at radius 1 is 1.27 bits per heavy atom. The number of benzene rings is 1. The highest BCUT2D eigenvalue weighted by Gasteiger charge is 2.47. The SMILES string of the molecule is O=C(NC1C2CCC(C2)C1CO)C1=Cc2ccccc2OC1. The molecule has 1 amide bonds. The molecule has 4 nitrogen and oxygen atoms in total. The third-order valence-corrected chi connectivity index (χ3v) is 5.52. The van der Waals surface area contributed by atoms with Gasteiger partial charge in [0.15, 0.2) is 0 Å². The molecule has 22 heavy (non-hydrogen) atoms. The molecule has 2 aliphatic carbocycles. The fourth-order valence-electron chi connectivity index (χ4n) is 4.39. The van der Waals surface area contributed by atoms with Crippen LogP contribution in [0.25, 0.3) is 6.08 Å². The molecule has 4 atom stereocenters. The minimum absolute atomic E-state index is 0.0505. The van der Waals surface area contributed by atoms with Crippen molar-refractivity contribution in [1.29, 1.82) is 0 Å². The van der Waals surface area contributed by atoms with Crippen molar-refractivity contribution in [3.05, 3.63) is 35.4 Å². The van der Waals surface area contributed by atoms with Gasteiger partial charge in [0, 0.05) is 24.1 Å². The Kier molecular flexibility index (Phi) is 3.41. The number of ether oxygens (including phenoxy) is 1. The Balaban J connectivity index is 1.50. The van der Waals surface area contributed by atoms with E-state index < -0.39 is 0 Å². The lowest BCUT2D eigenvalue weighted by atomic mass is 9.85. The molecule has 2 bridgehead atoms. The van der Waals surface area contributed by atoms with Crippen molar-refractivity contribution in [2.45, 2.75) is 25.3 Å². The average molecular weight is 299 g/mol. The number of aliphatic hydroxyl groups excluding tert-OH is 1. The van der Waals surface area contributed by atoms with Crippen molar-refractivity contribution in [3.63, 3.8) is 0 Å². The zero-order chi connectivity index (χ0) is 15.1. The number of carbonyl (C=O) groups is 1. The predicted molar refractivity (Wildman–Crippen MR) is 83.3 cm³/mol. The van der Waals surface area contributed by atoms with E-state index in [0.29, 0.717) is 24.0 Å². The van der Waals surface area contributed by atoms with Crippen molar-refractivity contribution in [2.75, 3.05) is 13.2 Å². The lowest BCUT2D eigenvalue weighted by Gasteiger charge is -2.31. The molecule has 1 aromatic rings. The second-order valence-corrected chi connectivity index (χ2v) is 6.67. The molecule has 3 aliphatic rings. The Labute approximate surface area is 130 Å².